The summed E-state index contributed by atoms with van der Waals surface area (Å²) in [7, 11) is 2.02. The average Bonchev–Trinajstić information content (AvgIpc) is 2.85. The van der Waals surface area contributed by atoms with Crippen LogP contribution < -0.4 is 5.32 Å². The zero-order valence-corrected chi connectivity index (χ0v) is 12.6. The molecule has 1 heterocycles. The largest absolute Gasteiger partial charge is 0.376 e. The van der Waals surface area contributed by atoms with Gasteiger partial charge in [0.05, 0.1) is 19.3 Å². The molecule has 0 amide bonds. The highest BCUT2D eigenvalue weighted by Crippen LogP contribution is 2.37. The van der Waals surface area contributed by atoms with Crippen LogP contribution in [0.25, 0.3) is 0 Å². The van der Waals surface area contributed by atoms with E-state index in [1.165, 1.54) is 12.8 Å². The van der Waals surface area contributed by atoms with Gasteiger partial charge in [0.25, 0.3) is 0 Å². The van der Waals surface area contributed by atoms with Crippen molar-refractivity contribution in [3.8, 4) is 0 Å². The van der Waals surface area contributed by atoms with Crippen LogP contribution in [0.15, 0.2) is 0 Å². The fourth-order valence-electron chi connectivity index (χ4n) is 3.24. The molecule has 1 N–H and O–H groups in total. The first kappa shape index (κ1) is 15.2. The standard InChI is InChI=1S/C15H29NO3/c1-4-5-12(2)11-17-14-10-15(18-8-9-19-15)7-6-13(14)16-3/h12-14,16H,4-11H2,1-3H3. The molecule has 0 aromatic rings. The van der Waals surface area contributed by atoms with Crippen molar-refractivity contribution in [2.45, 2.75) is 63.9 Å². The van der Waals surface area contributed by atoms with Crippen LogP contribution in [0, 0.1) is 5.92 Å². The summed E-state index contributed by atoms with van der Waals surface area (Å²) in [5.74, 6) is 0.275. The highest BCUT2D eigenvalue weighted by atomic mass is 16.7. The molecule has 19 heavy (non-hydrogen) atoms. The summed E-state index contributed by atoms with van der Waals surface area (Å²) < 4.78 is 17.8. The highest BCUT2D eigenvalue weighted by Gasteiger charge is 2.45. The van der Waals surface area contributed by atoms with Crippen molar-refractivity contribution >= 4 is 0 Å². The van der Waals surface area contributed by atoms with Gasteiger partial charge in [0.15, 0.2) is 5.79 Å². The first-order valence-corrected chi connectivity index (χ1v) is 7.76. The molecule has 2 rings (SSSR count). The maximum absolute atomic E-state index is 6.17. The Balaban J connectivity index is 1.86. The molecule has 112 valence electrons. The van der Waals surface area contributed by atoms with Gasteiger partial charge in [0, 0.05) is 25.5 Å². The molecule has 1 aliphatic heterocycles. The predicted octanol–water partition coefficient (Wildman–Crippen LogP) is 2.32. The summed E-state index contributed by atoms with van der Waals surface area (Å²) >= 11 is 0. The van der Waals surface area contributed by atoms with E-state index in [0.29, 0.717) is 12.0 Å². The molecule has 1 saturated heterocycles. The Morgan fingerprint density at radius 2 is 2.11 bits per heavy atom. The molecule has 2 fully saturated rings. The van der Waals surface area contributed by atoms with E-state index in [0.717, 1.165) is 39.1 Å². The van der Waals surface area contributed by atoms with E-state index >= 15 is 0 Å². The summed E-state index contributed by atoms with van der Waals surface area (Å²) in [5, 5.41) is 3.38. The molecule has 1 spiro atoms. The maximum Gasteiger partial charge on any atom is 0.171 e. The molecular formula is C15H29NO3. The summed E-state index contributed by atoms with van der Waals surface area (Å²) in [5.41, 5.74) is 0. The molecule has 3 unspecified atom stereocenters. The zero-order valence-electron chi connectivity index (χ0n) is 12.6. The maximum atomic E-state index is 6.17. The highest BCUT2D eigenvalue weighted by molar-refractivity contribution is 4.92. The van der Waals surface area contributed by atoms with Gasteiger partial charge in [-0.25, -0.2) is 0 Å². The van der Waals surface area contributed by atoms with Crippen LogP contribution in [0.3, 0.4) is 0 Å². The van der Waals surface area contributed by atoms with E-state index in [4.69, 9.17) is 14.2 Å². The van der Waals surface area contributed by atoms with Gasteiger partial charge in [0.1, 0.15) is 0 Å². The SMILES string of the molecule is CCCC(C)COC1CC2(CCC1NC)OCCO2. The van der Waals surface area contributed by atoms with Crippen molar-refractivity contribution in [2.24, 2.45) is 5.92 Å². The Kier molecular flexibility index (Phi) is 5.63. The molecule has 2 aliphatic rings. The topological polar surface area (TPSA) is 39.7 Å². The van der Waals surface area contributed by atoms with E-state index in [-0.39, 0.29) is 11.9 Å². The van der Waals surface area contributed by atoms with Gasteiger partial charge in [-0.15, -0.1) is 0 Å². The van der Waals surface area contributed by atoms with E-state index in [2.05, 4.69) is 19.2 Å². The third-order valence-electron chi connectivity index (χ3n) is 4.36. The van der Waals surface area contributed by atoms with Crippen molar-refractivity contribution in [2.75, 3.05) is 26.9 Å². The molecular weight excluding hydrogens is 242 g/mol. The predicted molar refractivity (Wildman–Crippen MR) is 75.1 cm³/mol. The molecule has 0 aromatic heterocycles. The van der Waals surface area contributed by atoms with Crippen LogP contribution in [-0.4, -0.2) is 44.8 Å². The Bertz CT molecular complexity index is 266. The van der Waals surface area contributed by atoms with Crippen molar-refractivity contribution in [1.82, 2.24) is 5.32 Å². The molecule has 4 heteroatoms. The zero-order chi connectivity index (χ0) is 13.7. The van der Waals surface area contributed by atoms with Crippen LogP contribution in [0.4, 0.5) is 0 Å². The summed E-state index contributed by atoms with van der Waals surface area (Å²) in [4.78, 5) is 0. The molecule has 0 bridgehead atoms. The molecule has 3 atom stereocenters. The number of ether oxygens (including phenoxy) is 3. The summed E-state index contributed by atoms with van der Waals surface area (Å²) in [6.07, 6.45) is 5.55. The smallest absolute Gasteiger partial charge is 0.171 e. The number of rotatable bonds is 6. The minimum Gasteiger partial charge on any atom is -0.376 e. The van der Waals surface area contributed by atoms with E-state index in [9.17, 15) is 0 Å². The van der Waals surface area contributed by atoms with Crippen LogP contribution in [0.1, 0.15) is 46.0 Å². The Morgan fingerprint density at radius 1 is 1.37 bits per heavy atom. The summed E-state index contributed by atoms with van der Waals surface area (Å²) in [6.45, 7) is 6.78. The van der Waals surface area contributed by atoms with Crippen LogP contribution in [-0.2, 0) is 14.2 Å². The lowest BCUT2D eigenvalue weighted by Crippen LogP contribution is -2.51. The van der Waals surface area contributed by atoms with Crippen LogP contribution in [0.2, 0.25) is 0 Å². The fourth-order valence-corrected chi connectivity index (χ4v) is 3.24. The molecule has 1 aliphatic carbocycles. The van der Waals surface area contributed by atoms with Gasteiger partial charge < -0.3 is 19.5 Å². The quantitative estimate of drug-likeness (QED) is 0.805. The molecule has 1 saturated carbocycles. The lowest BCUT2D eigenvalue weighted by Gasteiger charge is -2.41. The van der Waals surface area contributed by atoms with Gasteiger partial charge in [0.2, 0.25) is 0 Å². The van der Waals surface area contributed by atoms with Gasteiger partial charge in [-0.05, 0) is 25.8 Å². The van der Waals surface area contributed by atoms with Crippen molar-refractivity contribution in [3.63, 3.8) is 0 Å². The third-order valence-corrected chi connectivity index (χ3v) is 4.36. The van der Waals surface area contributed by atoms with Gasteiger partial charge in [-0.3, -0.25) is 0 Å². The Labute approximate surface area is 117 Å². The average molecular weight is 271 g/mol. The van der Waals surface area contributed by atoms with E-state index in [1.54, 1.807) is 0 Å². The van der Waals surface area contributed by atoms with E-state index in [1.807, 2.05) is 7.05 Å². The Hall–Kier alpha value is -0.160. The third kappa shape index (κ3) is 3.91. The Morgan fingerprint density at radius 3 is 2.74 bits per heavy atom. The van der Waals surface area contributed by atoms with Gasteiger partial charge in [-0.2, -0.15) is 0 Å². The summed E-state index contributed by atoms with van der Waals surface area (Å²) in [6, 6.07) is 0.423. The second kappa shape index (κ2) is 7.02. The molecule has 0 aromatic carbocycles. The fraction of sp³-hybridized carbons (Fsp3) is 1.00. The molecule has 4 nitrogen and oxygen atoms in total. The van der Waals surface area contributed by atoms with Crippen molar-refractivity contribution in [1.29, 1.82) is 0 Å². The van der Waals surface area contributed by atoms with Gasteiger partial charge in [-0.1, -0.05) is 20.3 Å². The second-order valence-corrected chi connectivity index (χ2v) is 6.01. The minimum absolute atomic E-state index is 0.205. The van der Waals surface area contributed by atoms with Gasteiger partial charge >= 0.3 is 0 Å². The minimum atomic E-state index is -0.355. The van der Waals surface area contributed by atoms with E-state index < -0.39 is 0 Å². The van der Waals surface area contributed by atoms with Crippen molar-refractivity contribution in [3.05, 3.63) is 0 Å². The second-order valence-electron chi connectivity index (χ2n) is 6.01. The normalized spacial score (nSPS) is 31.7. The lowest BCUT2D eigenvalue weighted by molar-refractivity contribution is -0.207. The number of hydrogen-bond donors (Lipinski definition) is 1. The number of likely N-dealkylation sites (N-methyl/N-ethyl adjacent to an activating group) is 1. The lowest BCUT2D eigenvalue weighted by atomic mass is 9.87. The van der Waals surface area contributed by atoms with Crippen LogP contribution >= 0.6 is 0 Å². The molecule has 0 radical (unpaired) electrons. The first-order valence-electron chi connectivity index (χ1n) is 7.76. The first-order chi connectivity index (χ1) is 9.19. The number of hydrogen-bond acceptors (Lipinski definition) is 4. The van der Waals surface area contributed by atoms with Crippen molar-refractivity contribution < 1.29 is 14.2 Å². The monoisotopic (exact) mass is 271 g/mol. The van der Waals surface area contributed by atoms with Crippen LogP contribution in [0.5, 0.6) is 0 Å². The number of nitrogens with one attached hydrogen (secondary N) is 1.